The summed E-state index contributed by atoms with van der Waals surface area (Å²) in [5, 5.41) is 3.18. The molecule has 0 atom stereocenters. The summed E-state index contributed by atoms with van der Waals surface area (Å²) < 4.78 is 0. The smallest absolute Gasteiger partial charge is 0.261 e. The lowest BCUT2D eigenvalue weighted by molar-refractivity contribution is 0.0640. The Morgan fingerprint density at radius 3 is 2.38 bits per heavy atom. The molecule has 3 rings (SSSR count). The highest BCUT2D eigenvalue weighted by Crippen LogP contribution is 2.24. The molecule has 2 aromatic rings. The number of carbonyl (C=O) groups is 2. The van der Waals surface area contributed by atoms with Crippen LogP contribution in [0.25, 0.3) is 0 Å². The molecule has 0 saturated carbocycles. The van der Waals surface area contributed by atoms with Gasteiger partial charge < -0.3 is 5.32 Å². The third-order valence-corrected chi connectivity index (χ3v) is 3.40. The van der Waals surface area contributed by atoms with Crippen LogP contribution in [0.4, 0.5) is 5.69 Å². The zero-order valence-electron chi connectivity index (χ0n) is 11.7. The zero-order chi connectivity index (χ0) is 14.8. The Morgan fingerprint density at radius 1 is 1.10 bits per heavy atom. The minimum Gasteiger partial charge on any atom is -0.385 e. The first-order chi connectivity index (χ1) is 10.2. The molecule has 2 amide bonds. The molecule has 0 radical (unpaired) electrons. The molecule has 2 heterocycles. The molecule has 1 aromatic heterocycles. The number of imide groups is 1. The summed E-state index contributed by atoms with van der Waals surface area (Å²) in [6.45, 7) is 2.99. The summed E-state index contributed by atoms with van der Waals surface area (Å²) in [6.07, 6.45) is 1.67. The van der Waals surface area contributed by atoms with Crippen molar-refractivity contribution in [3.05, 3.63) is 59.4 Å². The third kappa shape index (κ3) is 2.38. The van der Waals surface area contributed by atoms with Crippen molar-refractivity contribution in [1.82, 2.24) is 9.88 Å². The number of nitrogens with one attached hydrogen (secondary N) is 1. The molecule has 0 unspecified atom stereocenters. The number of hydrogen-bond acceptors (Lipinski definition) is 4. The fourth-order valence-corrected chi connectivity index (χ4v) is 2.42. The highest BCUT2D eigenvalue weighted by atomic mass is 16.2. The average Bonchev–Trinajstić information content (AvgIpc) is 2.74. The van der Waals surface area contributed by atoms with Gasteiger partial charge in [-0.2, -0.15) is 0 Å². The quantitative estimate of drug-likeness (QED) is 0.874. The zero-order valence-corrected chi connectivity index (χ0v) is 11.7. The van der Waals surface area contributed by atoms with E-state index in [1.807, 2.05) is 19.1 Å². The van der Waals surface area contributed by atoms with Crippen molar-refractivity contribution in [3.8, 4) is 0 Å². The van der Waals surface area contributed by atoms with E-state index in [0.29, 0.717) is 16.8 Å². The van der Waals surface area contributed by atoms with Crippen LogP contribution in [0.15, 0.2) is 42.6 Å². The molecule has 0 fully saturated rings. The Labute approximate surface area is 122 Å². The van der Waals surface area contributed by atoms with Crippen molar-refractivity contribution < 1.29 is 9.59 Å². The lowest BCUT2D eigenvalue weighted by Gasteiger charge is -2.14. The Kier molecular flexibility index (Phi) is 3.39. The Morgan fingerprint density at radius 2 is 1.76 bits per heavy atom. The van der Waals surface area contributed by atoms with Crippen molar-refractivity contribution in [1.29, 1.82) is 0 Å². The van der Waals surface area contributed by atoms with Crippen LogP contribution >= 0.6 is 0 Å². The summed E-state index contributed by atoms with van der Waals surface area (Å²) in [7, 11) is 0. The molecule has 1 aliphatic heterocycles. The summed E-state index contributed by atoms with van der Waals surface area (Å²) in [4.78, 5) is 30.0. The van der Waals surface area contributed by atoms with Crippen LogP contribution < -0.4 is 5.32 Å². The maximum absolute atomic E-state index is 12.3. The van der Waals surface area contributed by atoms with Gasteiger partial charge in [-0.1, -0.05) is 12.1 Å². The molecule has 1 aliphatic rings. The first kappa shape index (κ1) is 13.3. The van der Waals surface area contributed by atoms with Crippen molar-refractivity contribution in [2.45, 2.75) is 13.5 Å². The van der Waals surface area contributed by atoms with E-state index < -0.39 is 0 Å². The summed E-state index contributed by atoms with van der Waals surface area (Å²) in [6, 6.07) is 10.6. The van der Waals surface area contributed by atoms with Gasteiger partial charge in [-0.25, -0.2) is 0 Å². The minimum atomic E-state index is -0.258. The van der Waals surface area contributed by atoms with Crippen LogP contribution in [0.1, 0.15) is 33.3 Å². The molecule has 106 valence electrons. The second-order valence-electron chi connectivity index (χ2n) is 4.81. The van der Waals surface area contributed by atoms with Gasteiger partial charge in [0, 0.05) is 18.4 Å². The van der Waals surface area contributed by atoms with E-state index in [1.165, 1.54) is 4.90 Å². The number of aromatic nitrogens is 1. The first-order valence-corrected chi connectivity index (χ1v) is 6.84. The van der Waals surface area contributed by atoms with Crippen LogP contribution in [0, 0.1) is 0 Å². The molecule has 1 N–H and O–H groups in total. The monoisotopic (exact) mass is 281 g/mol. The summed E-state index contributed by atoms with van der Waals surface area (Å²) in [5.41, 5.74) is 2.54. The lowest BCUT2D eigenvalue weighted by Crippen LogP contribution is -2.29. The number of rotatable bonds is 4. The van der Waals surface area contributed by atoms with Gasteiger partial charge in [0.25, 0.3) is 11.8 Å². The number of carbonyl (C=O) groups excluding carboxylic acids is 2. The largest absolute Gasteiger partial charge is 0.385 e. The Balaban J connectivity index is 1.85. The van der Waals surface area contributed by atoms with Crippen molar-refractivity contribution >= 4 is 17.5 Å². The molecule has 5 nitrogen and oxygen atoms in total. The van der Waals surface area contributed by atoms with Crippen molar-refractivity contribution in [2.24, 2.45) is 0 Å². The Bertz CT molecular complexity index is 677. The van der Waals surface area contributed by atoms with Crippen LogP contribution in [0.2, 0.25) is 0 Å². The molecule has 0 spiro atoms. The lowest BCUT2D eigenvalue weighted by atomic mass is 10.1. The SMILES string of the molecule is CCNc1ccnc(CN2C(=O)c3ccccc3C2=O)c1. The predicted octanol–water partition coefficient (Wildman–Crippen LogP) is 2.31. The fraction of sp³-hybridized carbons (Fsp3) is 0.188. The standard InChI is InChI=1S/C16H15N3O2/c1-2-17-11-7-8-18-12(9-11)10-19-15(20)13-5-3-4-6-14(13)16(19)21/h3-9H,2,10H2,1H3,(H,17,18). The molecule has 0 saturated heterocycles. The molecular formula is C16H15N3O2. The van der Waals surface area contributed by atoms with E-state index in [2.05, 4.69) is 10.3 Å². The van der Waals surface area contributed by atoms with Crippen LogP contribution in [-0.4, -0.2) is 28.2 Å². The van der Waals surface area contributed by atoms with Gasteiger partial charge in [-0.05, 0) is 31.2 Å². The van der Waals surface area contributed by atoms with E-state index in [4.69, 9.17) is 0 Å². The second kappa shape index (κ2) is 5.36. The first-order valence-electron chi connectivity index (χ1n) is 6.84. The van der Waals surface area contributed by atoms with Gasteiger partial charge in [0.05, 0.1) is 23.4 Å². The molecular weight excluding hydrogens is 266 g/mol. The third-order valence-electron chi connectivity index (χ3n) is 3.40. The number of amides is 2. The van der Waals surface area contributed by atoms with E-state index in [9.17, 15) is 9.59 Å². The van der Waals surface area contributed by atoms with E-state index in [0.717, 1.165) is 12.2 Å². The number of pyridine rings is 1. The normalized spacial score (nSPS) is 13.5. The van der Waals surface area contributed by atoms with Crippen molar-refractivity contribution in [3.63, 3.8) is 0 Å². The van der Waals surface area contributed by atoms with Gasteiger partial charge in [-0.15, -0.1) is 0 Å². The predicted molar refractivity (Wildman–Crippen MR) is 79.0 cm³/mol. The minimum absolute atomic E-state index is 0.186. The summed E-state index contributed by atoms with van der Waals surface area (Å²) in [5.74, 6) is -0.516. The average molecular weight is 281 g/mol. The molecule has 5 heteroatoms. The molecule has 0 aliphatic carbocycles. The van der Waals surface area contributed by atoms with E-state index in [-0.39, 0.29) is 18.4 Å². The van der Waals surface area contributed by atoms with Crippen LogP contribution in [0.5, 0.6) is 0 Å². The molecule has 21 heavy (non-hydrogen) atoms. The molecule has 1 aromatic carbocycles. The number of nitrogens with zero attached hydrogens (tertiary/aromatic N) is 2. The number of benzene rings is 1. The van der Waals surface area contributed by atoms with E-state index in [1.54, 1.807) is 30.5 Å². The topological polar surface area (TPSA) is 62.3 Å². The number of hydrogen-bond donors (Lipinski definition) is 1. The van der Waals surface area contributed by atoms with Crippen LogP contribution in [0.3, 0.4) is 0 Å². The fourth-order valence-electron chi connectivity index (χ4n) is 2.42. The molecule has 0 bridgehead atoms. The van der Waals surface area contributed by atoms with Gasteiger partial charge in [0.1, 0.15) is 0 Å². The van der Waals surface area contributed by atoms with Gasteiger partial charge >= 0.3 is 0 Å². The maximum atomic E-state index is 12.3. The van der Waals surface area contributed by atoms with Gasteiger partial charge in [0.15, 0.2) is 0 Å². The van der Waals surface area contributed by atoms with Gasteiger partial charge in [0.2, 0.25) is 0 Å². The Hall–Kier alpha value is -2.69. The summed E-state index contributed by atoms with van der Waals surface area (Å²) >= 11 is 0. The van der Waals surface area contributed by atoms with E-state index >= 15 is 0 Å². The van der Waals surface area contributed by atoms with Crippen molar-refractivity contribution in [2.75, 3.05) is 11.9 Å². The highest BCUT2D eigenvalue weighted by Gasteiger charge is 2.35. The number of fused-ring (bicyclic) bond motifs is 1. The second-order valence-corrected chi connectivity index (χ2v) is 4.81. The maximum Gasteiger partial charge on any atom is 0.261 e. The van der Waals surface area contributed by atoms with Gasteiger partial charge in [-0.3, -0.25) is 19.5 Å². The highest BCUT2D eigenvalue weighted by molar-refractivity contribution is 6.21. The number of anilines is 1. The van der Waals surface area contributed by atoms with Crippen LogP contribution in [-0.2, 0) is 6.54 Å².